The standard InChI is InChI=1S/C16H32N2O3/c1-7-20-10-8-9-17-11-14(13(2)3)12-18-15(19)21-16(4,5)6/h7,13-14,17H,1,8-12H2,2-6H3,(H,18,19). The molecular formula is C16H32N2O3. The van der Waals surface area contributed by atoms with Crippen LogP contribution in [0.25, 0.3) is 0 Å². The minimum Gasteiger partial charge on any atom is -0.502 e. The highest BCUT2D eigenvalue weighted by molar-refractivity contribution is 5.67. The number of ether oxygens (including phenoxy) is 2. The molecule has 0 fully saturated rings. The van der Waals surface area contributed by atoms with Gasteiger partial charge < -0.3 is 20.1 Å². The molecule has 5 nitrogen and oxygen atoms in total. The summed E-state index contributed by atoms with van der Waals surface area (Å²) in [6.07, 6.45) is 2.05. The third kappa shape index (κ3) is 12.2. The van der Waals surface area contributed by atoms with E-state index < -0.39 is 5.60 Å². The monoisotopic (exact) mass is 300 g/mol. The highest BCUT2D eigenvalue weighted by Crippen LogP contribution is 2.10. The summed E-state index contributed by atoms with van der Waals surface area (Å²) in [7, 11) is 0. The second-order valence-corrected chi connectivity index (χ2v) is 6.48. The summed E-state index contributed by atoms with van der Waals surface area (Å²) < 4.78 is 10.3. The summed E-state index contributed by atoms with van der Waals surface area (Å²) in [5.41, 5.74) is -0.458. The Morgan fingerprint density at radius 1 is 1.29 bits per heavy atom. The summed E-state index contributed by atoms with van der Waals surface area (Å²) >= 11 is 0. The third-order valence-corrected chi connectivity index (χ3v) is 2.99. The highest BCUT2D eigenvalue weighted by atomic mass is 16.6. The maximum absolute atomic E-state index is 11.7. The predicted molar refractivity (Wildman–Crippen MR) is 86.2 cm³/mol. The summed E-state index contributed by atoms with van der Waals surface area (Å²) in [5.74, 6) is 0.856. The van der Waals surface area contributed by atoms with Gasteiger partial charge in [0, 0.05) is 6.54 Å². The zero-order valence-corrected chi connectivity index (χ0v) is 14.2. The number of amides is 1. The van der Waals surface area contributed by atoms with Gasteiger partial charge in [0.05, 0.1) is 12.9 Å². The first-order chi connectivity index (χ1) is 9.76. The molecule has 5 heteroatoms. The van der Waals surface area contributed by atoms with Gasteiger partial charge in [0.25, 0.3) is 0 Å². The van der Waals surface area contributed by atoms with Gasteiger partial charge in [-0.05, 0) is 52.1 Å². The van der Waals surface area contributed by atoms with Crippen molar-refractivity contribution in [2.45, 2.75) is 46.6 Å². The van der Waals surface area contributed by atoms with E-state index in [0.717, 1.165) is 19.5 Å². The lowest BCUT2D eigenvalue weighted by atomic mass is 9.96. The van der Waals surface area contributed by atoms with Crippen LogP contribution >= 0.6 is 0 Å². The smallest absolute Gasteiger partial charge is 0.407 e. The number of carbonyl (C=O) groups is 1. The molecule has 0 saturated heterocycles. The van der Waals surface area contributed by atoms with E-state index in [2.05, 4.69) is 31.1 Å². The van der Waals surface area contributed by atoms with Gasteiger partial charge in [0.15, 0.2) is 0 Å². The van der Waals surface area contributed by atoms with Crippen LogP contribution in [-0.2, 0) is 9.47 Å². The Labute approximate surface area is 129 Å². The molecule has 1 atom stereocenters. The van der Waals surface area contributed by atoms with Crippen molar-refractivity contribution in [3.8, 4) is 0 Å². The zero-order chi connectivity index (χ0) is 16.3. The van der Waals surface area contributed by atoms with E-state index in [0.29, 0.717) is 25.0 Å². The number of hydrogen-bond donors (Lipinski definition) is 2. The summed E-state index contributed by atoms with van der Waals surface area (Å²) in [6, 6.07) is 0. The van der Waals surface area contributed by atoms with Gasteiger partial charge in [-0.25, -0.2) is 4.79 Å². The predicted octanol–water partition coefficient (Wildman–Crippen LogP) is 2.92. The van der Waals surface area contributed by atoms with Crippen LogP contribution in [0.2, 0.25) is 0 Å². The van der Waals surface area contributed by atoms with Crippen molar-refractivity contribution < 1.29 is 14.3 Å². The topological polar surface area (TPSA) is 59.6 Å². The molecule has 1 unspecified atom stereocenters. The fourth-order valence-corrected chi connectivity index (χ4v) is 1.72. The summed E-state index contributed by atoms with van der Waals surface area (Å²) in [6.45, 7) is 16.4. The van der Waals surface area contributed by atoms with E-state index in [9.17, 15) is 4.79 Å². The second-order valence-electron chi connectivity index (χ2n) is 6.48. The van der Waals surface area contributed by atoms with E-state index in [1.165, 1.54) is 6.26 Å². The van der Waals surface area contributed by atoms with E-state index in [-0.39, 0.29) is 6.09 Å². The molecule has 0 aromatic carbocycles. The number of rotatable bonds is 10. The Balaban J connectivity index is 3.92. The molecule has 0 radical (unpaired) electrons. The van der Waals surface area contributed by atoms with E-state index in [4.69, 9.17) is 9.47 Å². The minimum atomic E-state index is -0.458. The molecule has 0 heterocycles. The lowest BCUT2D eigenvalue weighted by molar-refractivity contribution is 0.0515. The largest absolute Gasteiger partial charge is 0.502 e. The van der Waals surface area contributed by atoms with Crippen molar-refractivity contribution in [1.82, 2.24) is 10.6 Å². The normalized spacial score (nSPS) is 12.9. The van der Waals surface area contributed by atoms with Crippen molar-refractivity contribution in [2.75, 3.05) is 26.2 Å². The first-order valence-corrected chi connectivity index (χ1v) is 7.66. The number of carbonyl (C=O) groups excluding carboxylic acids is 1. The van der Waals surface area contributed by atoms with Crippen LogP contribution in [0.5, 0.6) is 0 Å². The minimum absolute atomic E-state index is 0.354. The Hall–Kier alpha value is -1.23. The van der Waals surface area contributed by atoms with Crippen LogP contribution in [0.15, 0.2) is 12.8 Å². The first kappa shape index (κ1) is 19.8. The van der Waals surface area contributed by atoms with Crippen molar-refractivity contribution in [1.29, 1.82) is 0 Å². The molecule has 0 rings (SSSR count). The fourth-order valence-electron chi connectivity index (χ4n) is 1.72. The third-order valence-electron chi connectivity index (χ3n) is 2.99. The first-order valence-electron chi connectivity index (χ1n) is 7.66. The number of nitrogens with one attached hydrogen (secondary N) is 2. The number of hydrogen-bond acceptors (Lipinski definition) is 4. The summed E-state index contributed by atoms with van der Waals surface area (Å²) in [5, 5.41) is 6.23. The lowest BCUT2D eigenvalue weighted by Gasteiger charge is -2.24. The lowest BCUT2D eigenvalue weighted by Crippen LogP contribution is -2.39. The average Bonchev–Trinajstić information content (AvgIpc) is 2.34. The average molecular weight is 300 g/mol. The number of alkyl carbamates (subject to hydrolysis) is 1. The molecule has 0 aliphatic carbocycles. The molecule has 0 bridgehead atoms. The molecule has 0 aromatic rings. The van der Waals surface area contributed by atoms with E-state index in [1.807, 2.05) is 20.8 Å². The molecule has 0 aliphatic heterocycles. The maximum atomic E-state index is 11.7. The van der Waals surface area contributed by atoms with Gasteiger partial charge in [-0.1, -0.05) is 20.4 Å². The van der Waals surface area contributed by atoms with Crippen LogP contribution in [0.4, 0.5) is 4.79 Å². The molecule has 21 heavy (non-hydrogen) atoms. The van der Waals surface area contributed by atoms with Gasteiger partial charge >= 0.3 is 6.09 Å². The molecule has 0 aromatic heterocycles. The van der Waals surface area contributed by atoms with Crippen molar-refractivity contribution in [3.05, 3.63) is 12.8 Å². The molecule has 0 aliphatic rings. The maximum Gasteiger partial charge on any atom is 0.407 e. The van der Waals surface area contributed by atoms with Gasteiger partial charge in [-0.15, -0.1) is 0 Å². The Bertz CT molecular complexity index is 298. The van der Waals surface area contributed by atoms with Crippen LogP contribution < -0.4 is 10.6 Å². The van der Waals surface area contributed by atoms with E-state index >= 15 is 0 Å². The SMILES string of the molecule is C=COCCCNCC(CNC(=O)OC(C)(C)C)C(C)C. The Morgan fingerprint density at radius 3 is 2.48 bits per heavy atom. The van der Waals surface area contributed by atoms with Gasteiger partial charge in [0.2, 0.25) is 0 Å². The second kappa shape index (κ2) is 10.5. The van der Waals surface area contributed by atoms with Crippen molar-refractivity contribution in [2.24, 2.45) is 11.8 Å². The van der Waals surface area contributed by atoms with Crippen LogP contribution in [0.3, 0.4) is 0 Å². The van der Waals surface area contributed by atoms with Gasteiger partial charge in [0.1, 0.15) is 5.60 Å². The van der Waals surface area contributed by atoms with Gasteiger partial charge in [-0.2, -0.15) is 0 Å². The highest BCUT2D eigenvalue weighted by Gasteiger charge is 2.18. The Kier molecular flexibility index (Phi) is 9.88. The van der Waals surface area contributed by atoms with Crippen molar-refractivity contribution in [3.63, 3.8) is 0 Å². The molecule has 2 N–H and O–H groups in total. The summed E-state index contributed by atoms with van der Waals surface area (Å²) in [4.78, 5) is 11.7. The molecule has 124 valence electrons. The van der Waals surface area contributed by atoms with E-state index in [1.54, 1.807) is 0 Å². The molecule has 1 amide bonds. The molecule has 0 saturated carbocycles. The van der Waals surface area contributed by atoms with Crippen LogP contribution in [-0.4, -0.2) is 37.9 Å². The van der Waals surface area contributed by atoms with Crippen LogP contribution in [0, 0.1) is 11.8 Å². The molecule has 0 spiro atoms. The zero-order valence-electron chi connectivity index (χ0n) is 14.2. The Morgan fingerprint density at radius 2 is 1.95 bits per heavy atom. The van der Waals surface area contributed by atoms with Gasteiger partial charge in [-0.3, -0.25) is 0 Å². The quantitative estimate of drug-likeness (QED) is 0.481. The molecular weight excluding hydrogens is 268 g/mol. The van der Waals surface area contributed by atoms with Crippen LogP contribution in [0.1, 0.15) is 41.0 Å². The fraction of sp³-hybridized carbons (Fsp3) is 0.812. The van der Waals surface area contributed by atoms with Crippen molar-refractivity contribution >= 4 is 6.09 Å².